The van der Waals surface area contributed by atoms with Crippen molar-refractivity contribution in [1.29, 1.82) is 0 Å². The SMILES string of the molecule is Cn1cnc(C(=O)N2CCC3(CC2)CC(CCOc2ccncc2)CCO3)c1. The summed E-state index contributed by atoms with van der Waals surface area (Å²) in [6.07, 6.45) is 11.9. The highest BCUT2D eigenvalue weighted by Gasteiger charge is 2.41. The van der Waals surface area contributed by atoms with Crippen LogP contribution in [0.3, 0.4) is 0 Å². The Kier molecular flexibility index (Phi) is 5.62. The molecule has 0 radical (unpaired) electrons. The van der Waals surface area contributed by atoms with E-state index in [2.05, 4.69) is 9.97 Å². The standard InChI is InChI=1S/C21H28N4O3/c1-24-15-19(23-16-24)20(26)25-10-6-21(7-11-25)14-17(5-13-28-21)4-12-27-18-2-8-22-9-3-18/h2-3,8-9,15-17H,4-7,10-14H2,1H3. The Balaban J connectivity index is 1.26. The van der Waals surface area contributed by atoms with Gasteiger partial charge < -0.3 is 18.9 Å². The van der Waals surface area contributed by atoms with Gasteiger partial charge in [-0.1, -0.05) is 0 Å². The van der Waals surface area contributed by atoms with Crippen LogP contribution >= 0.6 is 0 Å². The maximum Gasteiger partial charge on any atom is 0.274 e. The number of ether oxygens (including phenoxy) is 2. The number of pyridine rings is 1. The highest BCUT2D eigenvalue weighted by molar-refractivity contribution is 5.92. The quantitative estimate of drug-likeness (QED) is 0.793. The molecule has 0 saturated carbocycles. The van der Waals surface area contributed by atoms with Crippen LogP contribution in [0.1, 0.15) is 42.6 Å². The molecule has 1 unspecified atom stereocenters. The van der Waals surface area contributed by atoms with Crippen LogP contribution in [0.25, 0.3) is 0 Å². The van der Waals surface area contributed by atoms with E-state index in [1.54, 1.807) is 24.9 Å². The lowest BCUT2D eigenvalue weighted by atomic mass is 9.78. The molecule has 0 N–H and O–H groups in total. The first kappa shape index (κ1) is 18.9. The summed E-state index contributed by atoms with van der Waals surface area (Å²) in [4.78, 5) is 22.7. The Hall–Kier alpha value is -2.41. The van der Waals surface area contributed by atoms with E-state index in [9.17, 15) is 4.79 Å². The first-order chi connectivity index (χ1) is 13.6. The van der Waals surface area contributed by atoms with E-state index in [1.165, 1.54) is 0 Å². The molecule has 7 heteroatoms. The van der Waals surface area contributed by atoms with E-state index in [-0.39, 0.29) is 11.5 Å². The number of likely N-dealkylation sites (tertiary alicyclic amines) is 1. The van der Waals surface area contributed by atoms with Gasteiger partial charge in [0, 0.05) is 45.3 Å². The second-order valence-corrected chi connectivity index (χ2v) is 7.93. The zero-order chi connectivity index (χ0) is 19.4. The van der Waals surface area contributed by atoms with Crippen molar-refractivity contribution in [3.05, 3.63) is 42.7 Å². The van der Waals surface area contributed by atoms with E-state index in [1.807, 2.05) is 28.6 Å². The van der Waals surface area contributed by atoms with E-state index in [4.69, 9.17) is 9.47 Å². The summed E-state index contributed by atoms with van der Waals surface area (Å²) in [6, 6.07) is 3.78. The number of rotatable bonds is 5. The molecule has 0 aromatic carbocycles. The van der Waals surface area contributed by atoms with Gasteiger partial charge in [-0.25, -0.2) is 4.98 Å². The van der Waals surface area contributed by atoms with Crippen LogP contribution in [0.15, 0.2) is 37.1 Å². The summed E-state index contributed by atoms with van der Waals surface area (Å²) in [5, 5.41) is 0. The van der Waals surface area contributed by atoms with Gasteiger partial charge in [-0.15, -0.1) is 0 Å². The molecule has 2 aliphatic heterocycles. The molecular formula is C21H28N4O3. The average molecular weight is 384 g/mol. The number of nitrogens with zero attached hydrogens (tertiary/aromatic N) is 4. The lowest BCUT2D eigenvalue weighted by molar-refractivity contribution is -0.125. The summed E-state index contributed by atoms with van der Waals surface area (Å²) in [5.74, 6) is 1.50. The van der Waals surface area contributed by atoms with Gasteiger partial charge in [0.1, 0.15) is 11.4 Å². The Morgan fingerprint density at radius 1 is 1.32 bits per heavy atom. The smallest absolute Gasteiger partial charge is 0.274 e. The minimum absolute atomic E-state index is 0.0218. The van der Waals surface area contributed by atoms with Crippen LogP contribution in [-0.4, -0.2) is 57.2 Å². The summed E-state index contributed by atoms with van der Waals surface area (Å²) in [5.41, 5.74) is 0.440. The van der Waals surface area contributed by atoms with Gasteiger partial charge in [0.2, 0.25) is 0 Å². The number of piperidine rings is 1. The Labute approximate surface area is 165 Å². The highest BCUT2D eigenvalue weighted by atomic mass is 16.5. The molecule has 4 heterocycles. The molecule has 2 fully saturated rings. The van der Waals surface area contributed by atoms with Gasteiger partial charge in [0.25, 0.3) is 5.91 Å². The van der Waals surface area contributed by atoms with Crippen LogP contribution in [0.4, 0.5) is 0 Å². The second kappa shape index (κ2) is 8.31. The van der Waals surface area contributed by atoms with Crippen LogP contribution in [0, 0.1) is 5.92 Å². The third-order valence-electron chi connectivity index (χ3n) is 5.93. The number of hydrogen-bond acceptors (Lipinski definition) is 5. The number of aryl methyl sites for hydroxylation is 1. The molecule has 0 aliphatic carbocycles. The topological polar surface area (TPSA) is 69.5 Å². The first-order valence-electron chi connectivity index (χ1n) is 10.1. The normalized spacial score (nSPS) is 21.6. The van der Waals surface area contributed by atoms with Crippen molar-refractivity contribution in [1.82, 2.24) is 19.4 Å². The molecule has 7 nitrogen and oxygen atoms in total. The molecule has 2 saturated heterocycles. The number of amides is 1. The number of carbonyl (C=O) groups excluding carboxylic acids is 1. The van der Waals surface area contributed by atoms with Gasteiger partial charge in [-0.2, -0.15) is 0 Å². The van der Waals surface area contributed by atoms with Gasteiger partial charge in [-0.05, 0) is 50.2 Å². The third kappa shape index (κ3) is 4.35. The molecule has 28 heavy (non-hydrogen) atoms. The largest absolute Gasteiger partial charge is 0.493 e. The van der Waals surface area contributed by atoms with Crippen LogP contribution in [0.5, 0.6) is 5.75 Å². The molecule has 150 valence electrons. The zero-order valence-corrected chi connectivity index (χ0v) is 16.4. The zero-order valence-electron chi connectivity index (χ0n) is 16.4. The van der Waals surface area contributed by atoms with E-state index in [0.717, 1.165) is 64.2 Å². The van der Waals surface area contributed by atoms with Gasteiger partial charge in [0.05, 0.1) is 18.5 Å². The molecular weight excluding hydrogens is 356 g/mol. The predicted octanol–water partition coefficient (Wildman–Crippen LogP) is 2.69. The number of imidazole rings is 1. The van der Waals surface area contributed by atoms with Crippen molar-refractivity contribution >= 4 is 5.91 Å². The van der Waals surface area contributed by atoms with Crippen molar-refractivity contribution in [2.24, 2.45) is 13.0 Å². The van der Waals surface area contributed by atoms with Gasteiger partial charge >= 0.3 is 0 Å². The minimum Gasteiger partial charge on any atom is -0.493 e. The van der Waals surface area contributed by atoms with Crippen LogP contribution in [-0.2, 0) is 11.8 Å². The fourth-order valence-electron chi connectivity index (χ4n) is 4.30. The van der Waals surface area contributed by atoms with Gasteiger partial charge in [-0.3, -0.25) is 9.78 Å². The molecule has 2 aromatic rings. The lowest BCUT2D eigenvalue weighted by Crippen LogP contribution is -2.51. The molecule has 0 bridgehead atoms. The Bertz CT molecular complexity index is 784. The van der Waals surface area contributed by atoms with Crippen LogP contribution < -0.4 is 4.74 Å². The summed E-state index contributed by atoms with van der Waals surface area (Å²) < 4.78 is 13.9. The summed E-state index contributed by atoms with van der Waals surface area (Å²) in [6.45, 7) is 2.98. The molecule has 1 spiro atoms. The van der Waals surface area contributed by atoms with Crippen molar-refractivity contribution in [2.75, 3.05) is 26.3 Å². The fraction of sp³-hybridized carbons (Fsp3) is 0.571. The van der Waals surface area contributed by atoms with Crippen molar-refractivity contribution in [2.45, 2.75) is 37.7 Å². The lowest BCUT2D eigenvalue weighted by Gasteiger charge is -2.46. The minimum atomic E-state index is -0.0829. The third-order valence-corrected chi connectivity index (χ3v) is 5.93. The molecule has 1 amide bonds. The highest BCUT2D eigenvalue weighted by Crippen LogP contribution is 2.39. The maximum absolute atomic E-state index is 12.6. The maximum atomic E-state index is 12.6. The molecule has 1 atom stereocenters. The van der Waals surface area contributed by atoms with Crippen molar-refractivity contribution in [3.63, 3.8) is 0 Å². The van der Waals surface area contributed by atoms with E-state index >= 15 is 0 Å². The molecule has 4 rings (SSSR count). The number of aromatic nitrogens is 3. The van der Waals surface area contributed by atoms with E-state index in [0.29, 0.717) is 11.6 Å². The van der Waals surface area contributed by atoms with Gasteiger partial charge in [0.15, 0.2) is 0 Å². The summed E-state index contributed by atoms with van der Waals surface area (Å²) >= 11 is 0. The molecule has 2 aromatic heterocycles. The number of hydrogen-bond donors (Lipinski definition) is 0. The Morgan fingerprint density at radius 3 is 2.82 bits per heavy atom. The summed E-state index contributed by atoms with van der Waals surface area (Å²) in [7, 11) is 1.88. The Morgan fingerprint density at radius 2 is 2.11 bits per heavy atom. The predicted molar refractivity (Wildman–Crippen MR) is 104 cm³/mol. The number of carbonyl (C=O) groups is 1. The first-order valence-corrected chi connectivity index (χ1v) is 10.1. The monoisotopic (exact) mass is 384 g/mol. The van der Waals surface area contributed by atoms with Crippen molar-refractivity contribution < 1.29 is 14.3 Å². The fourth-order valence-corrected chi connectivity index (χ4v) is 4.30. The van der Waals surface area contributed by atoms with Crippen molar-refractivity contribution in [3.8, 4) is 5.75 Å². The van der Waals surface area contributed by atoms with E-state index < -0.39 is 0 Å². The molecule has 2 aliphatic rings. The van der Waals surface area contributed by atoms with Crippen LogP contribution in [0.2, 0.25) is 0 Å². The second-order valence-electron chi connectivity index (χ2n) is 7.93. The average Bonchev–Trinajstić information content (AvgIpc) is 3.15.